The molecule has 1 aliphatic carbocycles. The Labute approximate surface area is 152 Å². The van der Waals surface area contributed by atoms with Gasteiger partial charge >= 0.3 is 0 Å². The monoisotopic (exact) mass is 356 g/mol. The van der Waals surface area contributed by atoms with E-state index in [1.165, 1.54) is 18.3 Å². The van der Waals surface area contributed by atoms with Crippen LogP contribution in [0.3, 0.4) is 0 Å². The average molecular weight is 356 g/mol. The van der Waals surface area contributed by atoms with E-state index in [1.54, 1.807) is 0 Å². The standard InChI is InChI=1S/C20H24N2O4/c1-13-4-2-6-16(10-13)26-17-7-3-5-14(19(17)24)11-22-20(25)15-8-9-18(23)21-12-15/h2,4,6,8-10,12,14,17,19,24H,3,5,7,11H2,1H3,(H,21,23)(H,22,25)/t14-,17-,19-/m1/s1. The first-order chi connectivity index (χ1) is 12.5. The number of hydrogen-bond donors (Lipinski definition) is 3. The molecule has 0 bridgehead atoms. The molecule has 3 N–H and O–H groups in total. The molecule has 0 spiro atoms. The summed E-state index contributed by atoms with van der Waals surface area (Å²) in [5.41, 5.74) is 1.25. The summed E-state index contributed by atoms with van der Waals surface area (Å²) in [5.74, 6) is 0.424. The fourth-order valence-electron chi connectivity index (χ4n) is 3.32. The zero-order valence-electron chi connectivity index (χ0n) is 14.8. The minimum absolute atomic E-state index is 0.0646. The van der Waals surface area contributed by atoms with E-state index in [2.05, 4.69) is 10.3 Å². The van der Waals surface area contributed by atoms with Gasteiger partial charge in [0.2, 0.25) is 5.56 Å². The Balaban J connectivity index is 1.57. The van der Waals surface area contributed by atoms with Gasteiger partial charge < -0.3 is 20.1 Å². The summed E-state index contributed by atoms with van der Waals surface area (Å²) >= 11 is 0. The van der Waals surface area contributed by atoms with Crippen LogP contribution in [-0.4, -0.2) is 34.8 Å². The van der Waals surface area contributed by atoms with Gasteiger partial charge in [-0.25, -0.2) is 0 Å². The lowest BCUT2D eigenvalue weighted by Gasteiger charge is -2.35. The average Bonchev–Trinajstić information content (AvgIpc) is 2.63. The molecular formula is C20H24N2O4. The number of hydrogen-bond acceptors (Lipinski definition) is 4. The van der Waals surface area contributed by atoms with Gasteiger partial charge in [-0.3, -0.25) is 9.59 Å². The number of nitrogens with one attached hydrogen (secondary N) is 2. The molecule has 2 aromatic rings. The van der Waals surface area contributed by atoms with Crippen molar-refractivity contribution in [3.05, 3.63) is 64.1 Å². The Hall–Kier alpha value is -2.60. The predicted octanol–water partition coefficient (Wildman–Crippen LogP) is 2.02. The predicted molar refractivity (Wildman–Crippen MR) is 98.3 cm³/mol. The Morgan fingerprint density at radius 3 is 2.88 bits per heavy atom. The molecule has 1 aromatic carbocycles. The second-order valence-electron chi connectivity index (χ2n) is 6.81. The molecule has 1 aromatic heterocycles. The largest absolute Gasteiger partial charge is 0.488 e. The minimum Gasteiger partial charge on any atom is -0.488 e. The van der Waals surface area contributed by atoms with Crippen molar-refractivity contribution in [1.82, 2.24) is 10.3 Å². The van der Waals surface area contributed by atoms with E-state index in [0.717, 1.165) is 30.6 Å². The summed E-state index contributed by atoms with van der Waals surface area (Å²) in [7, 11) is 0. The maximum Gasteiger partial charge on any atom is 0.252 e. The van der Waals surface area contributed by atoms with Gasteiger partial charge in [-0.2, -0.15) is 0 Å². The first kappa shape index (κ1) is 18.2. The Kier molecular flexibility index (Phi) is 5.73. The third kappa shape index (κ3) is 4.52. The number of carbonyl (C=O) groups excluding carboxylic acids is 1. The van der Waals surface area contributed by atoms with Gasteiger partial charge in [-0.15, -0.1) is 0 Å². The van der Waals surface area contributed by atoms with Crippen LogP contribution in [-0.2, 0) is 0 Å². The lowest BCUT2D eigenvalue weighted by Crippen LogP contribution is -2.45. The SMILES string of the molecule is Cc1cccc(O[C@@H]2CCC[C@H](CNC(=O)c3ccc(=O)[nH]c3)[C@H]2O)c1. The Morgan fingerprint density at radius 2 is 2.15 bits per heavy atom. The van der Waals surface area contributed by atoms with Crippen molar-refractivity contribution in [1.29, 1.82) is 0 Å². The molecular weight excluding hydrogens is 332 g/mol. The van der Waals surface area contributed by atoms with Crippen molar-refractivity contribution in [3.8, 4) is 5.75 Å². The van der Waals surface area contributed by atoms with Crippen molar-refractivity contribution >= 4 is 5.91 Å². The Morgan fingerprint density at radius 1 is 1.31 bits per heavy atom. The summed E-state index contributed by atoms with van der Waals surface area (Å²) in [4.78, 5) is 25.7. The summed E-state index contributed by atoms with van der Waals surface area (Å²) in [6, 6.07) is 10.6. The molecule has 3 rings (SSSR count). The lowest BCUT2D eigenvalue weighted by molar-refractivity contribution is -0.0301. The third-order valence-electron chi connectivity index (χ3n) is 4.78. The molecule has 1 saturated carbocycles. The molecule has 0 unspecified atom stereocenters. The van der Waals surface area contributed by atoms with Crippen LogP contribution in [0.15, 0.2) is 47.4 Å². The third-order valence-corrected chi connectivity index (χ3v) is 4.78. The highest BCUT2D eigenvalue weighted by Crippen LogP contribution is 2.28. The van der Waals surface area contributed by atoms with Crippen molar-refractivity contribution < 1.29 is 14.6 Å². The van der Waals surface area contributed by atoms with Crippen molar-refractivity contribution in [2.45, 2.75) is 38.4 Å². The normalized spacial score (nSPS) is 22.6. The lowest BCUT2D eigenvalue weighted by atomic mass is 9.84. The first-order valence-corrected chi connectivity index (χ1v) is 8.91. The van der Waals surface area contributed by atoms with E-state index < -0.39 is 6.10 Å². The second-order valence-corrected chi connectivity index (χ2v) is 6.81. The number of rotatable bonds is 5. The molecule has 1 amide bonds. The molecule has 6 nitrogen and oxygen atoms in total. The van der Waals surface area contributed by atoms with E-state index in [1.807, 2.05) is 31.2 Å². The van der Waals surface area contributed by atoms with Gasteiger partial charge in [0.1, 0.15) is 11.9 Å². The number of aryl methyl sites for hydroxylation is 1. The number of pyridine rings is 1. The molecule has 1 fully saturated rings. The van der Waals surface area contributed by atoms with Crippen LogP contribution in [0.4, 0.5) is 0 Å². The molecule has 26 heavy (non-hydrogen) atoms. The van der Waals surface area contributed by atoms with Gasteiger partial charge in [-0.1, -0.05) is 12.1 Å². The van der Waals surface area contributed by atoms with Gasteiger partial charge in [0.15, 0.2) is 0 Å². The number of H-pyrrole nitrogens is 1. The van der Waals surface area contributed by atoms with Crippen LogP contribution in [0.5, 0.6) is 5.75 Å². The van der Waals surface area contributed by atoms with Crippen molar-refractivity contribution in [2.24, 2.45) is 5.92 Å². The van der Waals surface area contributed by atoms with E-state index in [-0.39, 0.29) is 23.5 Å². The van der Waals surface area contributed by atoms with E-state index >= 15 is 0 Å². The molecule has 1 aliphatic rings. The molecule has 6 heteroatoms. The molecule has 1 heterocycles. The quantitative estimate of drug-likeness (QED) is 0.764. The Bertz CT molecular complexity index is 797. The minimum atomic E-state index is -0.639. The maximum absolute atomic E-state index is 12.2. The summed E-state index contributed by atoms with van der Waals surface area (Å²) in [5, 5.41) is 13.5. The van der Waals surface area contributed by atoms with E-state index in [0.29, 0.717) is 12.1 Å². The molecule has 0 radical (unpaired) electrons. The van der Waals surface area contributed by atoms with Crippen LogP contribution in [0.2, 0.25) is 0 Å². The number of aromatic amines is 1. The number of aromatic nitrogens is 1. The van der Waals surface area contributed by atoms with Gasteiger partial charge in [0, 0.05) is 24.7 Å². The van der Waals surface area contributed by atoms with Crippen LogP contribution in [0.25, 0.3) is 0 Å². The van der Waals surface area contributed by atoms with Crippen LogP contribution in [0.1, 0.15) is 35.2 Å². The molecule has 3 atom stereocenters. The number of aliphatic hydroxyl groups excluding tert-OH is 1. The number of ether oxygens (including phenoxy) is 1. The van der Waals surface area contributed by atoms with Crippen LogP contribution < -0.4 is 15.6 Å². The highest BCUT2D eigenvalue weighted by Gasteiger charge is 2.33. The number of amides is 1. The van der Waals surface area contributed by atoms with Gasteiger partial charge in [0.25, 0.3) is 5.91 Å². The number of carbonyl (C=O) groups is 1. The molecule has 0 aliphatic heterocycles. The molecule has 138 valence electrons. The van der Waals surface area contributed by atoms with Crippen molar-refractivity contribution in [2.75, 3.05) is 6.54 Å². The zero-order valence-corrected chi connectivity index (χ0v) is 14.8. The highest BCUT2D eigenvalue weighted by molar-refractivity contribution is 5.93. The highest BCUT2D eigenvalue weighted by atomic mass is 16.5. The van der Waals surface area contributed by atoms with Crippen LogP contribution in [0, 0.1) is 12.8 Å². The van der Waals surface area contributed by atoms with Crippen molar-refractivity contribution in [3.63, 3.8) is 0 Å². The fraction of sp³-hybridized carbons (Fsp3) is 0.400. The first-order valence-electron chi connectivity index (χ1n) is 8.91. The second kappa shape index (κ2) is 8.19. The fourth-order valence-corrected chi connectivity index (χ4v) is 3.32. The van der Waals surface area contributed by atoms with Gasteiger partial charge in [0.05, 0.1) is 11.7 Å². The zero-order chi connectivity index (χ0) is 18.5. The van der Waals surface area contributed by atoms with Gasteiger partial charge in [-0.05, 0) is 49.9 Å². The van der Waals surface area contributed by atoms with Crippen LogP contribution >= 0.6 is 0 Å². The summed E-state index contributed by atoms with van der Waals surface area (Å²) in [6.07, 6.45) is 3.03. The topological polar surface area (TPSA) is 91.4 Å². The van der Waals surface area contributed by atoms with E-state index in [4.69, 9.17) is 4.74 Å². The smallest absolute Gasteiger partial charge is 0.252 e. The maximum atomic E-state index is 12.2. The van der Waals surface area contributed by atoms with E-state index in [9.17, 15) is 14.7 Å². The summed E-state index contributed by atoms with van der Waals surface area (Å²) in [6.45, 7) is 2.37. The molecule has 0 saturated heterocycles. The number of aliphatic hydroxyl groups is 1. The number of benzene rings is 1. The summed E-state index contributed by atoms with van der Waals surface area (Å²) < 4.78 is 5.98.